The number of hydrogen-bond donors (Lipinski definition) is 0. The van der Waals surface area contributed by atoms with Gasteiger partial charge < -0.3 is 9.47 Å². The van der Waals surface area contributed by atoms with Crippen molar-refractivity contribution in [2.45, 2.75) is 34.5 Å². The monoisotopic (exact) mass is 1380 g/mol. The molecule has 0 spiro atoms. The summed E-state index contributed by atoms with van der Waals surface area (Å²) in [5.74, 6) is -7.22. The lowest BCUT2D eigenvalue weighted by Gasteiger charge is -2.38. The number of aryl methyl sites for hydroxylation is 1. The first-order valence-electron chi connectivity index (χ1n) is 29.4. The van der Waals surface area contributed by atoms with Gasteiger partial charge in [0.25, 0.3) is 67.5 Å². The number of ether oxygens (including phenoxy) is 2. The minimum absolute atomic E-state index is 0.0110. The van der Waals surface area contributed by atoms with Crippen molar-refractivity contribution in [1.29, 1.82) is 0 Å². The number of nitrogens with zero attached hydrogens (tertiary/aromatic N) is 4. The molecule has 10 aromatic carbocycles. The van der Waals surface area contributed by atoms with E-state index in [1.165, 1.54) is 79.8 Å². The Hall–Kier alpha value is -11.7. The van der Waals surface area contributed by atoms with E-state index in [2.05, 4.69) is 0 Å². The fourth-order valence-corrected chi connectivity index (χ4v) is 14.8. The second-order valence-corrected chi connectivity index (χ2v) is 26.4. The number of amides is 8. The number of benzene rings is 10. The Kier molecular flexibility index (Phi) is 14.8. The molecule has 0 fully saturated rings. The van der Waals surface area contributed by atoms with Crippen molar-refractivity contribution in [1.82, 2.24) is 4.90 Å². The number of alkyl halides is 6. The quantitative estimate of drug-likeness (QED) is 0.0557. The van der Waals surface area contributed by atoms with Crippen LogP contribution in [0.1, 0.15) is 99.6 Å². The van der Waals surface area contributed by atoms with Crippen molar-refractivity contribution < 1.29 is 99.4 Å². The average Bonchev–Trinajstić information content (AvgIpc) is 0.712. The Bertz CT molecular complexity index is 5420. The maximum Gasteiger partial charge on any atom is 0.411 e. The summed E-state index contributed by atoms with van der Waals surface area (Å²) in [6.45, 7) is 1.82. The topological polar surface area (TPSA) is 255 Å². The number of hydrogen-bond acceptors (Lipinski definition) is 16. The van der Waals surface area contributed by atoms with Crippen LogP contribution < -0.4 is 24.2 Å². The highest BCUT2D eigenvalue weighted by molar-refractivity contribution is 7.87. The summed E-state index contributed by atoms with van der Waals surface area (Å²) in [4.78, 5) is 115. The van der Waals surface area contributed by atoms with E-state index < -0.39 is 123 Å². The van der Waals surface area contributed by atoms with Crippen LogP contribution in [0.2, 0.25) is 0 Å². The van der Waals surface area contributed by atoms with E-state index in [1.54, 1.807) is 24.3 Å². The molecule has 99 heavy (non-hydrogen) atoms. The van der Waals surface area contributed by atoms with Gasteiger partial charge in [0.1, 0.15) is 32.8 Å². The predicted molar refractivity (Wildman–Crippen MR) is 342 cm³/mol. The zero-order valence-corrected chi connectivity index (χ0v) is 52.9. The van der Waals surface area contributed by atoms with Crippen LogP contribution in [0.25, 0.3) is 32.7 Å². The van der Waals surface area contributed by atoms with E-state index in [9.17, 15) is 55.2 Å². The number of carbonyl (C=O) groups excluding carboxylic acids is 8. The minimum atomic E-state index is -5.90. The number of carbonyl (C=O) groups is 8. The summed E-state index contributed by atoms with van der Waals surface area (Å²) >= 11 is 0. The Morgan fingerprint density at radius 1 is 0.323 bits per heavy atom. The first-order valence-corrected chi connectivity index (χ1v) is 32.2. The van der Waals surface area contributed by atoms with Gasteiger partial charge in [-0.2, -0.15) is 43.2 Å². The van der Waals surface area contributed by atoms with Crippen LogP contribution in [-0.2, 0) is 34.0 Å². The van der Waals surface area contributed by atoms with Gasteiger partial charge in [0.15, 0.2) is 0 Å². The highest BCUT2D eigenvalue weighted by Crippen LogP contribution is 2.57. The molecule has 0 bridgehead atoms. The molecular weight excluding hydrogens is 1340 g/mol. The van der Waals surface area contributed by atoms with Gasteiger partial charge in [0, 0.05) is 84.2 Å². The summed E-state index contributed by atoms with van der Waals surface area (Å²) in [6, 6.07) is 34.5. The van der Waals surface area contributed by atoms with Gasteiger partial charge in [0.05, 0.1) is 31.3 Å². The summed E-state index contributed by atoms with van der Waals surface area (Å²) in [5.41, 5.74) is -8.36. The van der Waals surface area contributed by atoms with Gasteiger partial charge in [-0.3, -0.25) is 51.6 Å². The highest BCUT2D eigenvalue weighted by Gasteiger charge is 2.72. The largest absolute Gasteiger partial charge is 0.457 e. The highest BCUT2D eigenvalue weighted by atomic mass is 32.2. The van der Waals surface area contributed by atoms with E-state index in [0.29, 0.717) is 39.8 Å². The molecule has 14 rings (SSSR count). The number of rotatable bonds is 14. The van der Waals surface area contributed by atoms with Crippen LogP contribution in [0.4, 0.5) is 43.4 Å². The molecule has 0 unspecified atom stereocenters. The van der Waals surface area contributed by atoms with Crippen molar-refractivity contribution in [2.24, 2.45) is 0 Å². The van der Waals surface area contributed by atoms with E-state index in [4.69, 9.17) is 17.8 Å². The van der Waals surface area contributed by atoms with Crippen LogP contribution in [-0.4, -0.2) is 103 Å². The third-order valence-electron chi connectivity index (χ3n) is 17.7. The first kappa shape index (κ1) is 64.6. The van der Waals surface area contributed by atoms with Gasteiger partial charge in [-0.25, -0.2) is 14.7 Å². The third-order valence-corrected chi connectivity index (χ3v) is 20.3. The summed E-state index contributed by atoms with van der Waals surface area (Å²) in [5, 5.41) is -0.0965. The average molecular weight is 1390 g/mol. The molecule has 0 radical (unpaired) electrons. The second kappa shape index (κ2) is 22.7. The first-order chi connectivity index (χ1) is 46.9. The minimum Gasteiger partial charge on any atom is -0.457 e. The van der Waals surface area contributed by atoms with Crippen LogP contribution in [0.15, 0.2) is 192 Å². The van der Waals surface area contributed by atoms with E-state index >= 15 is 26.3 Å². The SMILES string of the molecule is COS(=O)(=O)c1cc(N2C(=O)c3ccc4c5c(ccc(c35)C2=O)C(=O)N(C)C4=O)ccc1-c1ccc(N2C(=O)c3ccc4c5c(ccc(c35)C2=O)C(=O)N(c2ccc(Oc3ccc(C(c5ccc(Oc6ccc(C)cc6)cc5)(C(F)(F)F)C(F)(F)F)cc3)cc2)C4=O)cc1S(=O)(=O)OC. The van der Waals surface area contributed by atoms with Crippen LogP contribution in [0.3, 0.4) is 0 Å². The Labute approximate surface area is 555 Å². The van der Waals surface area contributed by atoms with Crippen LogP contribution in [0.5, 0.6) is 23.0 Å². The fourth-order valence-electron chi connectivity index (χ4n) is 13.0. The molecule has 0 aromatic heterocycles. The smallest absolute Gasteiger partial charge is 0.411 e. The van der Waals surface area contributed by atoms with Gasteiger partial charge in [0.2, 0.25) is 5.41 Å². The molecule has 0 saturated heterocycles. The molecule has 496 valence electrons. The van der Waals surface area contributed by atoms with Crippen molar-refractivity contribution in [3.05, 3.63) is 243 Å². The molecule has 0 aliphatic carbocycles. The van der Waals surface area contributed by atoms with E-state index in [-0.39, 0.29) is 94.7 Å². The molecular formula is C71H42F6N4O16S2. The molecule has 4 aliphatic rings. The van der Waals surface area contributed by atoms with Gasteiger partial charge >= 0.3 is 12.4 Å². The Morgan fingerprint density at radius 3 is 0.848 bits per heavy atom. The van der Waals surface area contributed by atoms with E-state index in [0.717, 1.165) is 90.2 Å². The molecule has 4 heterocycles. The lowest BCUT2D eigenvalue weighted by atomic mass is 9.73. The zero-order valence-electron chi connectivity index (χ0n) is 51.2. The van der Waals surface area contributed by atoms with Crippen molar-refractivity contribution in [2.75, 3.05) is 36.0 Å². The standard InChI is InChI=1S/C71H42F6N4O16S2/c1-35-5-15-41(16-6-35)96-42-17-7-36(8-18-42)69(70(72,73)74,71(75,76)77)37-9-19-43(20-10-37)97-44-21-11-38(12-22-44)79-63(84)49-29-31-53-60-54(32-30-50(59(49)60)64(79)85)68(89)81(67(53)88)40-14-24-46(56(34-40)99(92,93)95-4)45-23-13-39(33-55(45)98(90,91)94-3)80-65(86)51-27-25-47-57-48(62(83)78(2)61(47)82)26-28-52(58(51)57)66(80)87/h5-34H,1-4H3. The third kappa shape index (κ3) is 9.78. The zero-order chi connectivity index (χ0) is 70.5. The number of anilines is 3. The van der Waals surface area contributed by atoms with Crippen LogP contribution >= 0.6 is 0 Å². The molecule has 20 nitrogen and oxygen atoms in total. The maximum atomic E-state index is 15.1. The van der Waals surface area contributed by atoms with Gasteiger partial charge in [-0.05, 0) is 152 Å². The lowest BCUT2D eigenvalue weighted by molar-refractivity contribution is -0.288. The van der Waals surface area contributed by atoms with Crippen LogP contribution in [0, 0.1) is 6.92 Å². The molecule has 8 amide bonds. The molecule has 4 aliphatic heterocycles. The second-order valence-electron chi connectivity index (χ2n) is 23.1. The maximum absolute atomic E-state index is 15.1. The predicted octanol–water partition coefficient (Wildman–Crippen LogP) is 13.3. The lowest BCUT2D eigenvalue weighted by Crippen LogP contribution is -2.54. The fraction of sp³-hybridized carbons (Fsp3) is 0.0986. The summed E-state index contributed by atoms with van der Waals surface area (Å²) in [6.07, 6.45) is -11.8. The molecule has 0 atom stereocenters. The number of imide groups is 4. The molecule has 0 saturated carbocycles. The Balaban J connectivity index is 0.733. The van der Waals surface area contributed by atoms with Crippen molar-refractivity contribution in [3.63, 3.8) is 0 Å². The number of halogens is 6. The Morgan fingerprint density at radius 2 is 0.566 bits per heavy atom. The summed E-state index contributed by atoms with van der Waals surface area (Å²) in [7, 11) is -7.04. The molecule has 10 aromatic rings. The summed E-state index contributed by atoms with van der Waals surface area (Å²) < 4.78 is 168. The van der Waals surface area contributed by atoms with E-state index in [1.807, 2.05) is 6.92 Å². The van der Waals surface area contributed by atoms with Crippen molar-refractivity contribution >= 4 is 106 Å². The van der Waals surface area contributed by atoms with Gasteiger partial charge in [-0.1, -0.05) is 54.1 Å². The van der Waals surface area contributed by atoms with Gasteiger partial charge in [-0.15, -0.1) is 0 Å². The normalized spacial score (nSPS) is 14.9. The molecule has 0 N–H and O–H groups in total. The molecule has 28 heteroatoms. The van der Waals surface area contributed by atoms with Crippen molar-refractivity contribution in [3.8, 4) is 34.1 Å².